The third-order valence-electron chi connectivity index (χ3n) is 7.20. The fourth-order valence-corrected chi connectivity index (χ4v) is 5.44. The summed E-state index contributed by atoms with van der Waals surface area (Å²) in [4.78, 5) is 25.6. The fraction of sp³-hybridized carbons (Fsp3) is 0.562. The van der Waals surface area contributed by atoms with Crippen molar-refractivity contribution in [3.8, 4) is 11.1 Å². The molecule has 204 valence electrons. The van der Waals surface area contributed by atoms with Gasteiger partial charge in [0.1, 0.15) is 12.2 Å². The summed E-state index contributed by atoms with van der Waals surface area (Å²) in [5.74, 6) is -5.00. The molecule has 2 aliphatic heterocycles. The highest BCUT2D eigenvalue weighted by Gasteiger charge is 2.52. The van der Waals surface area contributed by atoms with Crippen molar-refractivity contribution in [3.05, 3.63) is 60.2 Å². The number of carbonyl (C=O) groups is 2. The molecule has 0 amide bonds. The molecule has 2 aromatic carbocycles. The van der Waals surface area contributed by atoms with E-state index < -0.39 is 93.3 Å². The maximum Gasteiger partial charge on any atom is 0.338 e. The summed E-state index contributed by atoms with van der Waals surface area (Å²) < 4.78 is 146. The SMILES string of the molecule is [2H]C([2H])([2H])C([2H])([2H])C([2H])([2H])C([2H])([2H])C([2H])([2H])C([2H])([2H])C([2H])([2H])C1(CC[C@H]2[C@@H]3CC(=O)O[C@@H]3C[C@@H]2OC(=O)c2ccc(-c3ccccc3)cc2)OCCO1. The average molecular weight is 536 g/mol. The van der Waals surface area contributed by atoms with Crippen LogP contribution in [0.3, 0.4) is 0 Å². The van der Waals surface area contributed by atoms with Gasteiger partial charge in [0.25, 0.3) is 0 Å². The lowest BCUT2D eigenvalue weighted by Gasteiger charge is -2.31. The Balaban J connectivity index is 1.40. The molecule has 0 spiro atoms. The predicted molar refractivity (Wildman–Crippen MR) is 144 cm³/mol. The first kappa shape index (κ1) is 14.1. The highest BCUT2D eigenvalue weighted by molar-refractivity contribution is 5.90. The van der Waals surface area contributed by atoms with Gasteiger partial charge in [-0.25, -0.2) is 4.79 Å². The van der Waals surface area contributed by atoms with Crippen LogP contribution in [0.5, 0.6) is 0 Å². The number of hydrogen-bond donors (Lipinski definition) is 0. The number of rotatable bonds is 12. The second-order valence-electron chi connectivity index (χ2n) is 9.42. The molecular weight excluding hydrogens is 480 g/mol. The van der Waals surface area contributed by atoms with Gasteiger partial charge in [0.2, 0.25) is 0 Å². The van der Waals surface area contributed by atoms with Gasteiger partial charge in [-0.1, -0.05) is 74.8 Å². The molecule has 1 aliphatic carbocycles. The molecule has 2 aromatic rings. The van der Waals surface area contributed by atoms with E-state index in [1.54, 1.807) is 24.3 Å². The highest BCUT2D eigenvalue weighted by atomic mass is 16.7. The average Bonchev–Trinajstić information content (AvgIpc) is 3.78. The summed E-state index contributed by atoms with van der Waals surface area (Å²) in [5, 5.41) is 0. The van der Waals surface area contributed by atoms with Gasteiger partial charge < -0.3 is 18.9 Å². The molecule has 6 heteroatoms. The Morgan fingerprint density at radius 2 is 1.76 bits per heavy atom. The van der Waals surface area contributed by atoms with E-state index in [2.05, 4.69) is 0 Å². The number of carbonyl (C=O) groups excluding carboxylic acids is 2. The van der Waals surface area contributed by atoms with Crippen molar-refractivity contribution in [2.24, 2.45) is 11.8 Å². The molecule has 4 atom stereocenters. The number of benzene rings is 2. The quantitative estimate of drug-likeness (QED) is 0.281. The summed E-state index contributed by atoms with van der Waals surface area (Å²) in [5.41, 5.74) is 2.04. The van der Waals surface area contributed by atoms with Crippen LogP contribution in [0.2, 0.25) is 0 Å². The Morgan fingerprint density at radius 1 is 1.03 bits per heavy atom. The standard InChI is InChI=1S/C32H40O6/c1-2-3-4-5-9-17-32(35-19-20-36-32)18-16-26-27-21-30(33)37-29(27)22-28(26)38-31(34)25-14-12-24(13-15-25)23-10-7-6-8-11-23/h6-8,10-15,26-29H,2-5,9,16-22H2,1H3/t26-,27-,28-,29+/m0/s1/i1D3,2D2,3D2,4D2,5D2,9D2,17D2. The van der Waals surface area contributed by atoms with E-state index in [1.807, 2.05) is 30.3 Å². The Hall–Kier alpha value is -2.70. The summed E-state index contributed by atoms with van der Waals surface area (Å²) in [7, 11) is 0. The molecule has 3 fully saturated rings. The minimum Gasteiger partial charge on any atom is -0.462 e. The zero-order valence-electron chi connectivity index (χ0n) is 35.7. The highest BCUT2D eigenvalue weighted by Crippen LogP contribution is 2.46. The van der Waals surface area contributed by atoms with Crippen molar-refractivity contribution in [1.82, 2.24) is 0 Å². The number of fused-ring (bicyclic) bond motifs is 1. The molecule has 0 aromatic heterocycles. The topological polar surface area (TPSA) is 71.1 Å². The first-order chi connectivity index (χ1) is 24.3. The van der Waals surface area contributed by atoms with Crippen molar-refractivity contribution in [3.63, 3.8) is 0 Å². The minimum atomic E-state index is -4.30. The molecule has 2 heterocycles. The lowest BCUT2D eigenvalue weighted by atomic mass is 9.86. The first-order valence-electron chi connectivity index (χ1n) is 20.1. The van der Waals surface area contributed by atoms with Crippen LogP contribution in [-0.2, 0) is 23.7 Å². The summed E-state index contributed by atoms with van der Waals surface area (Å²) in [6.45, 7) is -4.42. The molecule has 2 saturated heterocycles. The minimum absolute atomic E-state index is 0.0546. The second kappa shape index (κ2) is 12.4. The Kier molecular flexibility index (Phi) is 4.61. The summed E-state index contributed by atoms with van der Waals surface area (Å²) in [6, 6.07) is 16.2. The molecule has 5 rings (SSSR count). The van der Waals surface area contributed by atoms with Crippen LogP contribution in [-0.4, -0.2) is 43.1 Å². The maximum absolute atomic E-state index is 13.4. The maximum atomic E-state index is 13.4. The van der Waals surface area contributed by atoms with Crippen LogP contribution >= 0.6 is 0 Å². The lowest BCUT2D eigenvalue weighted by molar-refractivity contribution is -0.171. The zero-order valence-corrected chi connectivity index (χ0v) is 20.7. The summed E-state index contributed by atoms with van der Waals surface area (Å²) >= 11 is 0. The van der Waals surface area contributed by atoms with Crippen molar-refractivity contribution < 1.29 is 49.1 Å². The van der Waals surface area contributed by atoms with E-state index in [0.29, 0.717) is 0 Å². The van der Waals surface area contributed by atoms with Gasteiger partial charge in [0.15, 0.2) is 5.79 Å². The van der Waals surface area contributed by atoms with E-state index in [1.165, 1.54) is 0 Å². The lowest BCUT2D eigenvalue weighted by Crippen LogP contribution is -2.33. The van der Waals surface area contributed by atoms with Crippen molar-refractivity contribution >= 4 is 11.9 Å². The van der Waals surface area contributed by atoms with Crippen molar-refractivity contribution in [2.75, 3.05) is 13.2 Å². The van der Waals surface area contributed by atoms with Gasteiger partial charge in [-0.3, -0.25) is 4.79 Å². The number of hydrogen-bond acceptors (Lipinski definition) is 6. The smallest absolute Gasteiger partial charge is 0.338 e. The first-order valence-corrected chi connectivity index (χ1v) is 12.6. The van der Waals surface area contributed by atoms with Crippen LogP contribution in [0, 0.1) is 11.8 Å². The van der Waals surface area contributed by atoms with Gasteiger partial charge in [0.05, 0.1) is 25.2 Å². The largest absolute Gasteiger partial charge is 0.462 e. The normalized spacial score (nSPS) is 34.2. The van der Waals surface area contributed by atoms with Crippen LogP contribution in [0.1, 0.15) is 102 Å². The predicted octanol–water partition coefficient (Wildman–Crippen LogP) is 6.71. The fourth-order valence-electron chi connectivity index (χ4n) is 5.44. The zero-order chi connectivity index (χ0) is 39.6. The molecule has 6 nitrogen and oxygen atoms in total. The van der Waals surface area contributed by atoms with E-state index in [4.69, 9.17) is 39.5 Å². The van der Waals surface area contributed by atoms with Crippen LogP contribution < -0.4 is 0 Å². The molecule has 0 bridgehead atoms. The molecular formula is C32H40O6. The molecule has 0 N–H and O–H groups in total. The van der Waals surface area contributed by atoms with Crippen LogP contribution in [0.25, 0.3) is 11.1 Å². The van der Waals surface area contributed by atoms with Gasteiger partial charge in [-0.2, -0.15) is 0 Å². The van der Waals surface area contributed by atoms with E-state index in [9.17, 15) is 9.59 Å². The van der Waals surface area contributed by atoms with Gasteiger partial charge >= 0.3 is 11.9 Å². The van der Waals surface area contributed by atoms with E-state index in [0.717, 1.165) is 11.1 Å². The van der Waals surface area contributed by atoms with E-state index in [-0.39, 0.29) is 38.0 Å². The van der Waals surface area contributed by atoms with Gasteiger partial charge in [-0.15, -0.1) is 0 Å². The van der Waals surface area contributed by atoms with Crippen LogP contribution in [0.15, 0.2) is 54.6 Å². The Bertz CT molecular complexity index is 1660. The third-order valence-corrected chi connectivity index (χ3v) is 7.20. The third kappa shape index (κ3) is 6.29. The van der Waals surface area contributed by atoms with E-state index >= 15 is 0 Å². The monoisotopic (exact) mass is 535 g/mol. The van der Waals surface area contributed by atoms with Gasteiger partial charge in [0, 0.05) is 51.6 Å². The Labute approximate surface area is 247 Å². The molecule has 0 unspecified atom stereocenters. The van der Waals surface area contributed by atoms with Gasteiger partial charge in [-0.05, 0) is 36.1 Å². The summed E-state index contributed by atoms with van der Waals surface area (Å²) in [6.07, 6.45) is -26.7. The second-order valence-corrected chi connectivity index (χ2v) is 9.42. The van der Waals surface area contributed by atoms with Crippen molar-refractivity contribution in [1.29, 1.82) is 0 Å². The Morgan fingerprint density at radius 3 is 2.53 bits per heavy atom. The van der Waals surface area contributed by atoms with Crippen LogP contribution in [0.4, 0.5) is 0 Å². The molecule has 38 heavy (non-hydrogen) atoms. The molecule has 0 radical (unpaired) electrons. The molecule has 1 saturated carbocycles. The number of ether oxygens (including phenoxy) is 4. The number of esters is 2. The van der Waals surface area contributed by atoms with Crippen molar-refractivity contribution in [2.45, 2.75) is 88.8 Å². The molecule has 3 aliphatic rings.